The Hall–Kier alpha value is -0.870. The van der Waals surface area contributed by atoms with Crippen LogP contribution < -0.4 is 0 Å². The Morgan fingerprint density at radius 2 is 0.714 bits per heavy atom. The lowest BCUT2D eigenvalue weighted by Crippen LogP contribution is -2.55. The summed E-state index contributed by atoms with van der Waals surface area (Å²) in [5.74, 6) is -0.00981. The van der Waals surface area contributed by atoms with Crippen molar-refractivity contribution in [1.29, 1.82) is 0 Å². The van der Waals surface area contributed by atoms with E-state index in [-0.39, 0.29) is 29.4 Å². The van der Waals surface area contributed by atoms with Gasteiger partial charge in [-0.05, 0) is 12.8 Å². The lowest BCUT2D eigenvalue weighted by molar-refractivity contribution is -0.759. The smallest absolute Gasteiger partial charge is 0.320 e. The van der Waals surface area contributed by atoms with Gasteiger partial charge in [-0.15, -0.1) is 0 Å². The van der Waals surface area contributed by atoms with Crippen LogP contribution in [0.2, 0.25) is 0 Å². The minimum Gasteiger partial charge on any atom is -0.726 e. The molecule has 0 aromatic carbocycles. The molecule has 0 unspecified atom stereocenters. The van der Waals surface area contributed by atoms with Crippen LogP contribution in [0.4, 0.5) is 0 Å². The molecule has 0 atom stereocenters. The highest BCUT2D eigenvalue weighted by Gasteiger charge is 2.38. The molecule has 0 fully saturated rings. The first-order chi connectivity index (χ1) is 23.6. The van der Waals surface area contributed by atoms with Gasteiger partial charge in [0.05, 0.1) is 33.6 Å². The second-order valence-corrected chi connectivity index (χ2v) is 15.6. The molecule has 0 aliphatic heterocycles. The fraction of sp³-hybridized carbons (Fsp3) is 0.950. The molecule has 8 nitrogen and oxygen atoms in total. The van der Waals surface area contributed by atoms with Crippen molar-refractivity contribution in [3.05, 3.63) is 0 Å². The summed E-state index contributed by atoms with van der Waals surface area (Å²) in [4.78, 5) is 26.1. The van der Waals surface area contributed by atoms with Crippen molar-refractivity contribution < 1.29 is 36.3 Å². The highest BCUT2D eigenvalue weighted by atomic mass is 32.3. The summed E-state index contributed by atoms with van der Waals surface area (Å²) >= 11 is 0. The first-order valence-corrected chi connectivity index (χ1v) is 22.0. The van der Waals surface area contributed by atoms with Crippen LogP contribution >= 0.6 is 0 Å². The van der Waals surface area contributed by atoms with Crippen LogP contribution in [0, 0.1) is 0 Å². The van der Waals surface area contributed by atoms with Gasteiger partial charge >= 0.3 is 11.8 Å². The number of aliphatic hydroxyl groups excluding tert-OH is 1. The maximum Gasteiger partial charge on any atom is 0.320 e. The molecule has 9 heteroatoms. The summed E-state index contributed by atoms with van der Waals surface area (Å²) < 4.78 is 30.8. The second kappa shape index (κ2) is 36.9. The van der Waals surface area contributed by atoms with E-state index in [9.17, 15) is 27.7 Å². The van der Waals surface area contributed by atoms with Crippen LogP contribution in [-0.4, -0.2) is 61.7 Å². The summed E-state index contributed by atoms with van der Waals surface area (Å²) in [6.07, 6.45) is 40.0. The summed E-state index contributed by atoms with van der Waals surface area (Å²) in [5.41, 5.74) is 0. The Bertz CT molecular complexity index is 788. The highest BCUT2D eigenvalue weighted by molar-refractivity contribution is 7.80. The number of quaternary nitrogens is 1. The van der Waals surface area contributed by atoms with Gasteiger partial charge in [-0.3, -0.25) is 4.18 Å². The normalized spacial score (nSPS) is 11.8. The van der Waals surface area contributed by atoms with Crippen molar-refractivity contribution in [2.24, 2.45) is 0 Å². The summed E-state index contributed by atoms with van der Waals surface area (Å²) in [6.45, 7) is 4.65. The van der Waals surface area contributed by atoms with Crippen molar-refractivity contribution in [2.45, 2.75) is 219 Å². The summed E-state index contributed by atoms with van der Waals surface area (Å²) in [6, 6.07) is 0. The molecule has 49 heavy (non-hydrogen) atoms. The van der Waals surface area contributed by atoms with Crippen LogP contribution in [0.15, 0.2) is 0 Å². The van der Waals surface area contributed by atoms with Gasteiger partial charge in [0.2, 0.25) is 10.4 Å². The van der Waals surface area contributed by atoms with E-state index in [1.165, 1.54) is 167 Å². The maximum atomic E-state index is 13.0. The topological polar surface area (TPSA) is 121 Å². The average Bonchev–Trinajstić information content (AvgIpc) is 3.08. The van der Waals surface area contributed by atoms with Gasteiger partial charge in [0.15, 0.2) is 0 Å². The number of rotatable bonds is 35. The molecule has 1 N–H and O–H groups in total. The van der Waals surface area contributed by atoms with Crippen LogP contribution in [0.1, 0.15) is 219 Å². The molecule has 0 rings (SSSR count). The molecule has 0 radical (unpaired) electrons. The minimum absolute atomic E-state index is 0.00490. The van der Waals surface area contributed by atoms with E-state index in [0.29, 0.717) is 12.8 Å². The highest BCUT2D eigenvalue weighted by Crippen LogP contribution is 2.18. The molecular formula is C40H81NO7S. The molecule has 0 spiro atoms. The molecule has 0 aliphatic rings. The van der Waals surface area contributed by atoms with Gasteiger partial charge < -0.3 is 9.66 Å². The van der Waals surface area contributed by atoms with Crippen molar-refractivity contribution in [3.63, 3.8) is 0 Å². The quantitative estimate of drug-likeness (QED) is 0.0299. The van der Waals surface area contributed by atoms with Gasteiger partial charge in [-0.2, -0.15) is 4.48 Å². The molecule has 0 bridgehead atoms. The number of likely N-dealkylation sites (N-methyl/N-ethyl adjacent to an activating group) is 1. The number of unbranched alkanes of at least 4 members (excludes halogenated alkanes) is 28. The van der Waals surface area contributed by atoms with Gasteiger partial charge in [0, 0.05) is 0 Å². The lowest BCUT2D eigenvalue weighted by Gasteiger charge is -2.28. The van der Waals surface area contributed by atoms with Crippen LogP contribution in [0.5, 0.6) is 0 Å². The number of nitrogens with zero attached hydrogens (tertiary/aromatic N) is 1. The molecule has 294 valence electrons. The number of aliphatic hydroxyl groups is 1. The molecule has 0 aromatic rings. The zero-order valence-corrected chi connectivity index (χ0v) is 33.6. The predicted molar refractivity (Wildman–Crippen MR) is 204 cm³/mol. The van der Waals surface area contributed by atoms with Crippen LogP contribution in [0.3, 0.4) is 0 Å². The van der Waals surface area contributed by atoms with E-state index in [4.69, 9.17) is 0 Å². The van der Waals surface area contributed by atoms with E-state index >= 15 is 0 Å². The third kappa shape index (κ3) is 35.3. The zero-order chi connectivity index (χ0) is 36.9. The standard InChI is InChI=1S/C39H78NO3.CH4O4S/c1-4-6-8-10-12-14-16-18-20-22-24-26-28-30-32-34-38(42)40(3,36-37-41)39(43)35-33-31-29-27-25-23-21-19-17-15-13-11-9-7-5-2;1-5-6(2,3)4/h41H,4-37H2,1-3H3;1H3,(H,2,3,4)/q+1;/p-1. The molecule has 0 saturated carbocycles. The lowest BCUT2D eigenvalue weighted by atomic mass is 10.0. The van der Waals surface area contributed by atoms with E-state index in [2.05, 4.69) is 18.0 Å². The third-order valence-electron chi connectivity index (χ3n) is 9.84. The number of hydrogen-bond donors (Lipinski definition) is 1. The fourth-order valence-corrected chi connectivity index (χ4v) is 6.38. The number of amides is 2. The molecular weight excluding hydrogens is 639 g/mol. The zero-order valence-electron chi connectivity index (χ0n) is 32.8. The molecule has 0 saturated heterocycles. The number of carbonyl (C=O) groups is 2. The first-order valence-electron chi connectivity index (χ1n) is 20.6. The Kier molecular flexibility index (Phi) is 37.8. The van der Waals surface area contributed by atoms with Crippen molar-refractivity contribution in [1.82, 2.24) is 0 Å². The van der Waals surface area contributed by atoms with Gasteiger partial charge in [0.1, 0.15) is 6.54 Å². The maximum absolute atomic E-state index is 13.0. The SMILES string of the molecule is CCCCCCCCCCCCCCCCCC(=O)[N+](C)(CCO)C(=O)CCCCCCCCCCCCCCCCC.COS(=O)(=O)[O-]. The Labute approximate surface area is 304 Å². The predicted octanol–water partition coefficient (Wildman–Crippen LogP) is 11.1. The van der Waals surface area contributed by atoms with Crippen molar-refractivity contribution in [3.8, 4) is 0 Å². The van der Waals surface area contributed by atoms with Gasteiger partial charge in [0.25, 0.3) is 0 Å². The Morgan fingerprint density at radius 1 is 0.510 bits per heavy atom. The molecule has 0 aliphatic carbocycles. The number of imide groups is 1. The summed E-state index contributed by atoms with van der Waals surface area (Å²) in [7, 11) is -1.87. The van der Waals surface area contributed by atoms with Gasteiger partial charge in [-0.1, -0.05) is 194 Å². The molecule has 0 aromatic heterocycles. The van der Waals surface area contributed by atoms with Gasteiger partial charge in [-0.25, -0.2) is 18.0 Å². The van der Waals surface area contributed by atoms with Crippen LogP contribution in [0.25, 0.3) is 0 Å². The fourth-order valence-electron chi connectivity index (χ4n) is 6.38. The van der Waals surface area contributed by atoms with E-state index in [0.717, 1.165) is 32.8 Å². The average molecular weight is 720 g/mol. The third-order valence-corrected chi connectivity index (χ3v) is 10.2. The second-order valence-electron chi connectivity index (χ2n) is 14.4. The van der Waals surface area contributed by atoms with Crippen molar-refractivity contribution >= 4 is 22.2 Å². The number of hydrogen-bond acceptors (Lipinski definition) is 7. The Morgan fingerprint density at radius 3 is 0.898 bits per heavy atom. The Balaban J connectivity index is 0. The first kappa shape index (κ1) is 50.2. The van der Waals surface area contributed by atoms with E-state index < -0.39 is 10.4 Å². The minimum atomic E-state index is -4.41. The van der Waals surface area contributed by atoms with E-state index in [1.54, 1.807) is 7.05 Å². The van der Waals surface area contributed by atoms with Crippen LogP contribution in [-0.2, 0) is 24.2 Å². The molecule has 0 heterocycles. The van der Waals surface area contributed by atoms with Crippen molar-refractivity contribution in [2.75, 3.05) is 27.3 Å². The summed E-state index contributed by atoms with van der Waals surface area (Å²) in [5, 5.41) is 9.59. The number of carbonyl (C=O) groups excluding carboxylic acids is 2. The largest absolute Gasteiger partial charge is 0.726 e. The molecule has 2 amide bonds. The monoisotopic (exact) mass is 720 g/mol. The van der Waals surface area contributed by atoms with E-state index in [1.807, 2.05) is 0 Å².